The van der Waals surface area contributed by atoms with E-state index in [1.165, 1.54) is 18.3 Å². The standard InChI is InChI=1S/C20H17ClN2O3S/c21-18-6-4-5-17(13-18)15-26-19-11-9-16(10-12-19)14-22-23-27(24,25)20-7-2-1-3-8-20/h1-14,23H,15H2/b22-14-. The van der Waals surface area contributed by atoms with Gasteiger partial charge in [-0.3, -0.25) is 0 Å². The Morgan fingerprint density at radius 3 is 2.41 bits per heavy atom. The SMILES string of the molecule is O=S(=O)(N/N=C\c1ccc(OCc2cccc(Cl)c2)cc1)c1ccccc1. The van der Waals surface area contributed by atoms with Gasteiger partial charge in [0.25, 0.3) is 10.0 Å². The fraction of sp³-hybridized carbons (Fsp3) is 0.0500. The molecule has 5 nitrogen and oxygen atoms in total. The van der Waals surface area contributed by atoms with Gasteiger partial charge in [0.2, 0.25) is 0 Å². The van der Waals surface area contributed by atoms with Gasteiger partial charge >= 0.3 is 0 Å². The molecule has 0 aliphatic rings. The maximum atomic E-state index is 12.1. The summed E-state index contributed by atoms with van der Waals surface area (Å²) in [5.41, 5.74) is 1.71. The van der Waals surface area contributed by atoms with Gasteiger partial charge < -0.3 is 4.74 Å². The monoisotopic (exact) mass is 400 g/mol. The van der Waals surface area contributed by atoms with Crippen molar-refractivity contribution in [1.82, 2.24) is 4.83 Å². The second-order valence-electron chi connectivity index (χ2n) is 5.65. The molecule has 0 aliphatic carbocycles. The van der Waals surface area contributed by atoms with E-state index < -0.39 is 10.0 Å². The third-order valence-corrected chi connectivity index (χ3v) is 5.09. The van der Waals surface area contributed by atoms with E-state index in [2.05, 4.69) is 9.93 Å². The number of hydrogen-bond donors (Lipinski definition) is 1. The Morgan fingerprint density at radius 1 is 0.963 bits per heavy atom. The number of benzene rings is 3. The molecule has 0 radical (unpaired) electrons. The maximum Gasteiger partial charge on any atom is 0.276 e. The molecule has 0 unspecified atom stereocenters. The summed E-state index contributed by atoms with van der Waals surface area (Å²) in [7, 11) is -3.66. The van der Waals surface area contributed by atoms with Crippen LogP contribution in [0.15, 0.2) is 88.9 Å². The summed E-state index contributed by atoms with van der Waals surface area (Å²) in [4.78, 5) is 2.35. The lowest BCUT2D eigenvalue weighted by Gasteiger charge is -2.07. The van der Waals surface area contributed by atoms with E-state index >= 15 is 0 Å². The highest BCUT2D eigenvalue weighted by Gasteiger charge is 2.10. The van der Waals surface area contributed by atoms with Gasteiger partial charge in [-0.2, -0.15) is 13.5 Å². The smallest absolute Gasteiger partial charge is 0.276 e. The number of ether oxygens (including phenoxy) is 1. The van der Waals surface area contributed by atoms with E-state index in [1.807, 2.05) is 24.3 Å². The Morgan fingerprint density at radius 2 is 1.70 bits per heavy atom. The Hall–Kier alpha value is -2.83. The molecule has 7 heteroatoms. The van der Waals surface area contributed by atoms with Crippen LogP contribution in [0, 0.1) is 0 Å². The van der Waals surface area contributed by atoms with Gasteiger partial charge in [-0.15, -0.1) is 0 Å². The van der Waals surface area contributed by atoms with Crippen LogP contribution in [0.2, 0.25) is 5.02 Å². The molecule has 138 valence electrons. The topological polar surface area (TPSA) is 67.8 Å². The number of rotatable bonds is 7. The van der Waals surface area contributed by atoms with E-state index in [1.54, 1.807) is 42.5 Å². The molecule has 1 N–H and O–H groups in total. The van der Waals surface area contributed by atoms with Crippen molar-refractivity contribution >= 4 is 27.8 Å². The molecule has 0 heterocycles. The van der Waals surface area contributed by atoms with Crippen molar-refractivity contribution in [1.29, 1.82) is 0 Å². The largest absolute Gasteiger partial charge is 0.489 e. The molecule has 27 heavy (non-hydrogen) atoms. The first-order chi connectivity index (χ1) is 13.0. The van der Waals surface area contributed by atoms with E-state index in [0.717, 1.165) is 11.1 Å². The first kappa shape index (κ1) is 18.9. The molecule has 3 rings (SSSR count). The minimum Gasteiger partial charge on any atom is -0.489 e. The van der Waals surface area contributed by atoms with Crippen LogP contribution in [0.25, 0.3) is 0 Å². The first-order valence-electron chi connectivity index (χ1n) is 8.10. The van der Waals surface area contributed by atoms with Crippen molar-refractivity contribution in [2.45, 2.75) is 11.5 Å². The number of nitrogens with zero attached hydrogens (tertiary/aromatic N) is 1. The zero-order chi connectivity index (χ0) is 19.1. The molecule has 0 saturated carbocycles. The van der Waals surface area contributed by atoms with E-state index in [0.29, 0.717) is 17.4 Å². The van der Waals surface area contributed by atoms with Crippen LogP contribution >= 0.6 is 11.6 Å². The third-order valence-electron chi connectivity index (χ3n) is 3.61. The van der Waals surface area contributed by atoms with Crippen molar-refractivity contribution in [3.63, 3.8) is 0 Å². The molecular weight excluding hydrogens is 384 g/mol. The van der Waals surface area contributed by atoms with Crippen LogP contribution in [0.5, 0.6) is 5.75 Å². The summed E-state index contributed by atoms with van der Waals surface area (Å²) < 4.78 is 29.8. The lowest BCUT2D eigenvalue weighted by molar-refractivity contribution is 0.306. The molecule has 0 aliphatic heterocycles. The predicted molar refractivity (Wildman–Crippen MR) is 107 cm³/mol. The maximum absolute atomic E-state index is 12.1. The molecular formula is C20H17ClN2O3S. The Bertz CT molecular complexity index is 1020. The van der Waals surface area contributed by atoms with Crippen molar-refractivity contribution < 1.29 is 13.2 Å². The highest BCUT2D eigenvalue weighted by molar-refractivity contribution is 7.89. The average molecular weight is 401 g/mol. The minimum absolute atomic E-state index is 0.159. The summed E-state index contributed by atoms with van der Waals surface area (Å²) in [6, 6.07) is 22.7. The Balaban J connectivity index is 1.56. The van der Waals surface area contributed by atoms with Gasteiger partial charge in [0.1, 0.15) is 12.4 Å². The lowest BCUT2D eigenvalue weighted by Crippen LogP contribution is -2.18. The summed E-state index contributed by atoms with van der Waals surface area (Å²) in [6.07, 6.45) is 1.43. The molecule has 3 aromatic rings. The van der Waals surface area contributed by atoms with Gasteiger partial charge in [0.15, 0.2) is 0 Å². The number of hydrogen-bond acceptors (Lipinski definition) is 4. The van der Waals surface area contributed by atoms with Crippen LogP contribution in [0.1, 0.15) is 11.1 Å². The third kappa shape index (κ3) is 5.57. The fourth-order valence-electron chi connectivity index (χ4n) is 2.27. The van der Waals surface area contributed by atoms with E-state index in [9.17, 15) is 8.42 Å². The van der Waals surface area contributed by atoms with Gasteiger partial charge in [0, 0.05) is 5.02 Å². The van der Waals surface area contributed by atoms with Crippen LogP contribution in [-0.2, 0) is 16.6 Å². The first-order valence-corrected chi connectivity index (χ1v) is 9.96. The van der Waals surface area contributed by atoms with Gasteiger partial charge in [-0.1, -0.05) is 41.9 Å². The molecule has 0 amide bonds. The predicted octanol–water partition coefficient (Wildman–Crippen LogP) is 4.23. The second kappa shape index (κ2) is 8.70. The second-order valence-corrected chi connectivity index (χ2v) is 7.75. The summed E-state index contributed by atoms with van der Waals surface area (Å²) in [5, 5.41) is 4.47. The van der Waals surface area contributed by atoms with Crippen LogP contribution in [0.3, 0.4) is 0 Å². The quantitative estimate of drug-likeness (QED) is 0.476. The summed E-state index contributed by atoms with van der Waals surface area (Å²) in [6.45, 7) is 0.408. The molecule has 0 atom stereocenters. The van der Waals surface area contributed by atoms with Crippen LogP contribution in [-0.4, -0.2) is 14.6 Å². The average Bonchev–Trinajstić information content (AvgIpc) is 2.68. The van der Waals surface area contributed by atoms with Crippen molar-refractivity contribution in [3.05, 3.63) is 95.0 Å². The highest BCUT2D eigenvalue weighted by atomic mass is 35.5. The molecule has 0 spiro atoms. The zero-order valence-corrected chi connectivity index (χ0v) is 15.8. The minimum atomic E-state index is -3.66. The zero-order valence-electron chi connectivity index (χ0n) is 14.2. The number of halogens is 1. The molecule has 0 aromatic heterocycles. The summed E-state index contributed by atoms with van der Waals surface area (Å²) >= 11 is 5.95. The van der Waals surface area contributed by atoms with Gasteiger partial charge in [0.05, 0.1) is 11.1 Å². The lowest BCUT2D eigenvalue weighted by atomic mass is 10.2. The number of sulfonamides is 1. The number of hydrazone groups is 1. The number of nitrogens with one attached hydrogen (secondary N) is 1. The molecule has 0 bridgehead atoms. The highest BCUT2D eigenvalue weighted by Crippen LogP contribution is 2.16. The Kier molecular flexibility index (Phi) is 6.11. The van der Waals surface area contributed by atoms with Crippen molar-refractivity contribution in [2.75, 3.05) is 0 Å². The molecule has 0 saturated heterocycles. The Labute approximate surface area is 163 Å². The van der Waals surface area contributed by atoms with Crippen molar-refractivity contribution in [2.24, 2.45) is 5.10 Å². The van der Waals surface area contributed by atoms with Crippen molar-refractivity contribution in [3.8, 4) is 5.75 Å². The van der Waals surface area contributed by atoms with E-state index in [-0.39, 0.29) is 4.90 Å². The molecule has 3 aromatic carbocycles. The van der Waals surface area contributed by atoms with Gasteiger partial charge in [-0.25, -0.2) is 4.83 Å². The van der Waals surface area contributed by atoms with Crippen LogP contribution in [0.4, 0.5) is 0 Å². The molecule has 0 fully saturated rings. The van der Waals surface area contributed by atoms with Crippen LogP contribution < -0.4 is 9.57 Å². The summed E-state index contributed by atoms with van der Waals surface area (Å²) in [5.74, 6) is 0.692. The van der Waals surface area contributed by atoms with E-state index in [4.69, 9.17) is 16.3 Å². The fourth-order valence-corrected chi connectivity index (χ4v) is 3.29. The normalized spacial score (nSPS) is 11.4. The van der Waals surface area contributed by atoms with Gasteiger partial charge in [-0.05, 0) is 59.7 Å².